The average Bonchev–Trinajstić information content (AvgIpc) is 2.13. The van der Waals surface area contributed by atoms with E-state index in [-0.39, 0.29) is 6.54 Å². The Morgan fingerprint density at radius 2 is 2.40 bits per heavy atom. The highest BCUT2D eigenvalue weighted by Crippen LogP contribution is 2.30. The number of rotatable bonds is 2. The molecule has 1 fully saturated rings. The Kier molecular flexibility index (Phi) is 2.52. The molecule has 0 N–H and O–H groups in total. The van der Waals surface area contributed by atoms with E-state index in [1.807, 2.05) is 0 Å². The van der Waals surface area contributed by atoms with E-state index >= 15 is 0 Å². The Bertz CT molecular complexity index is 140. The minimum Gasteiger partial charge on any atom is -0.333 e. The summed E-state index contributed by atoms with van der Waals surface area (Å²) in [7, 11) is 0. The molecule has 1 aliphatic rings. The molecule has 0 aliphatic carbocycles. The van der Waals surface area contributed by atoms with Gasteiger partial charge in [-0.2, -0.15) is 0 Å². The van der Waals surface area contributed by atoms with Crippen molar-refractivity contribution in [3.63, 3.8) is 0 Å². The number of alkyl halides is 2. The van der Waals surface area contributed by atoms with Crippen LogP contribution in [0.3, 0.4) is 0 Å². The van der Waals surface area contributed by atoms with Crippen LogP contribution in [0, 0.1) is 0 Å². The topological polar surface area (TPSA) is 29.5 Å². The van der Waals surface area contributed by atoms with Crippen LogP contribution in [0.15, 0.2) is 0 Å². The van der Waals surface area contributed by atoms with Crippen molar-refractivity contribution in [2.75, 3.05) is 19.7 Å². The normalized spacial score (nSPS) is 25.0. The largest absolute Gasteiger partial charge is 0.333 e. The van der Waals surface area contributed by atoms with Crippen LogP contribution in [-0.2, 0) is 9.53 Å². The van der Waals surface area contributed by atoms with Gasteiger partial charge >= 0.3 is 0 Å². The quantitative estimate of drug-likeness (QED) is 0.357. The maximum atomic E-state index is 10.0. The Balaban J connectivity index is 2.50. The van der Waals surface area contributed by atoms with Gasteiger partial charge in [0.2, 0.25) is 0 Å². The maximum absolute atomic E-state index is 10.0. The zero-order valence-electron chi connectivity index (χ0n) is 5.22. The molecule has 1 saturated heterocycles. The van der Waals surface area contributed by atoms with E-state index in [4.69, 9.17) is 27.9 Å². The standard InChI is InChI=1S/C5H7Cl2NO2/c6-5(7)8(1-3-9)2-4-10-5/h3H,1-2,4H2. The molecule has 3 nitrogen and oxygen atoms in total. The second kappa shape index (κ2) is 3.05. The lowest BCUT2D eigenvalue weighted by atomic mass is 10.6. The lowest BCUT2D eigenvalue weighted by molar-refractivity contribution is -0.109. The van der Waals surface area contributed by atoms with Gasteiger partial charge in [-0.05, 0) is 0 Å². The summed E-state index contributed by atoms with van der Waals surface area (Å²) in [5.41, 5.74) is 0. The van der Waals surface area contributed by atoms with Gasteiger partial charge in [0.15, 0.2) is 0 Å². The summed E-state index contributed by atoms with van der Waals surface area (Å²) in [6.45, 7) is 1.29. The SMILES string of the molecule is O=CCN1CCOC1(Cl)Cl. The number of hydrogen-bond acceptors (Lipinski definition) is 3. The highest BCUT2D eigenvalue weighted by atomic mass is 35.5. The Hall–Kier alpha value is 0.170. The van der Waals surface area contributed by atoms with E-state index in [1.54, 1.807) is 4.90 Å². The summed E-state index contributed by atoms with van der Waals surface area (Å²) in [4.78, 5) is 11.6. The molecule has 0 atom stereocenters. The van der Waals surface area contributed by atoms with Gasteiger partial charge in [-0.3, -0.25) is 0 Å². The predicted molar refractivity (Wildman–Crippen MR) is 38.0 cm³/mol. The number of carbonyl (C=O) groups is 1. The van der Waals surface area contributed by atoms with Crippen molar-refractivity contribution in [3.05, 3.63) is 0 Å². The van der Waals surface area contributed by atoms with Crippen LogP contribution in [0.2, 0.25) is 0 Å². The minimum absolute atomic E-state index is 0.215. The first kappa shape index (κ1) is 8.27. The molecular weight excluding hydrogens is 177 g/mol. The molecule has 0 aromatic carbocycles. The fourth-order valence-electron chi connectivity index (χ4n) is 0.788. The molecule has 0 bridgehead atoms. The van der Waals surface area contributed by atoms with Crippen molar-refractivity contribution >= 4 is 29.5 Å². The van der Waals surface area contributed by atoms with E-state index in [2.05, 4.69) is 0 Å². The van der Waals surface area contributed by atoms with Crippen LogP contribution in [0.25, 0.3) is 0 Å². The number of halogens is 2. The van der Waals surface area contributed by atoms with Crippen molar-refractivity contribution in [1.82, 2.24) is 4.90 Å². The van der Waals surface area contributed by atoms with Gasteiger partial charge in [0.25, 0.3) is 4.64 Å². The highest BCUT2D eigenvalue weighted by Gasteiger charge is 2.38. The van der Waals surface area contributed by atoms with Gasteiger partial charge in [0, 0.05) is 6.54 Å². The second-order valence-corrected chi connectivity index (χ2v) is 3.17. The van der Waals surface area contributed by atoms with Gasteiger partial charge in [-0.15, -0.1) is 0 Å². The summed E-state index contributed by atoms with van der Waals surface area (Å²) >= 11 is 11.2. The molecule has 1 heterocycles. The summed E-state index contributed by atoms with van der Waals surface area (Å²) < 4.78 is 3.61. The average molecular weight is 184 g/mol. The van der Waals surface area contributed by atoms with E-state index in [0.29, 0.717) is 13.2 Å². The molecule has 1 aliphatic heterocycles. The molecule has 0 radical (unpaired) electrons. The molecule has 0 saturated carbocycles. The third kappa shape index (κ3) is 1.61. The summed E-state index contributed by atoms with van der Waals surface area (Å²) in [5, 5.41) is 0. The van der Waals surface area contributed by atoms with Gasteiger partial charge in [-0.1, -0.05) is 23.2 Å². The molecule has 10 heavy (non-hydrogen) atoms. The predicted octanol–water partition coefficient (Wildman–Crippen LogP) is 0.606. The summed E-state index contributed by atoms with van der Waals surface area (Å²) in [6.07, 6.45) is 0.744. The Morgan fingerprint density at radius 3 is 2.80 bits per heavy atom. The van der Waals surface area contributed by atoms with Crippen LogP contribution >= 0.6 is 23.2 Å². The molecule has 0 spiro atoms. The Labute approximate surface area is 68.8 Å². The van der Waals surface area contributed by atoms with Gasteiger partial charge in [0.1, 0.15) is 6.29 Å². The molecule has 1 rings (SSSR count). The fourth-order valence-corrected chi connectivity index (χ4v) is 1.25. The van der Waals surface area contributed by atoms with E-state index in [9.17, 15) is 4.79 Å². The smallest absolute Gasteiger partial charge is 0.279 e. The molecular formula is C5H7Cl2NO2. The lowest BCUT2D eigenvalue weighted by Gasteiger charge is -2.21. The van der Waals surface area contributed by atoms with E-state index in [1.165, 1.54) is 0 Å². The maximum Gasteiger partial charge on any atom is 0.279 e. The highest BCUT2D eigenvalue weighted by molar-refractivity contribution is 6.46. The summed E-state index contributed by atoms with van der Waals surface area (Å²) in [6, 6.07) is 0. The first-order chi connectivity index (χ1) is 4.67. The van der Waals surface area contributed by atoms with Crippen LogP contribution in [-0.4, -0.2) is 35.5 Å². The lowest BCUT2D eigenvalue weighted by Crippen LogP contribution is -2.35. The first-order valence-electron chi connectivity index (χ1n) is 2.87. The fraction of sp³-hybridized carbons (Fsp3) is 0.800. The van der Waals surface area contributed by atoms with Gasteiger partial charge < -0.3 is 9.53 Å². The zero-order valence-corrected chi connectivity index (χ0v) is 6.73. The number of ether oxygens (including phenoxy) is 1. The number of nitrogens with zero attached hydrogens (tertiary/aromatic N) is 1. The van der Waals surface area contributed by atoms with Crippen molar-refractivity contribution in [3.8, 4) is 0 Å². The third-order valence-corrected chi connectivity index (χ3v) is 2.00. The number of hydrogen-bond donors (Lipinski definition) is 0. The van der Waals surface area contributed by atoms with E-state index in [0.717, 1.165) is 6.29 Å². The van der Waals surface area contributed by atoms with Crippen LogP contribution in [0.5, 0.6) is 0 Å². The summed E-state index contributed by atoms with van der Waals surface area (Å²) in [5.74, 6) is 0. The van der Waals surface area contributed by atoms with Crippen molar-refractivity contribution in [1.29, 1.82) is 0 Å². The zero-order chi connectivity index (χ0) is 7.61. The third-order valence-electron chi connectivity index (χ3n) is 1.30. The number of aldehydes is 1. The molecule has 0 amide bonds. The molecule has 5 heteroatoms. The molecule has 58 valence electrons. The monoisotopic (exact) mass is 183 g/mol. The number of carbonyl (C=O) groups excluding carboxylic acids is 1. The van der Waals surface area contributed by atoms with Crippen molar-refractivity contribution in [2.24, 2.45) is 0 Å². The van der Waals surface area contributed by atoms with E-state index < -0.39 is 4.64 Å². The Morgan fingerprint density at radius 1 is 1.70 bits per heavy atom. The molecule has 0 aromatic rings. The van der Waals surface area contributed by atoms with Crippen molar-refractivity contribution in [2.45, 2.75) is 4.64 Å². The van der Waals surface area contributed by atoms with Gasteiger partial charge in [0.05, 0.1) is 13.2 Å². The minimum atomic E-state index is -1.29. The van der Waals surface area contributed by atoms with Crippen molar-refractivity contribution < 1.29 is 9.53 Å². The second-order valence-electron chi connectivity index (χ2n) is 1.95. The first-order valence-corrected chi connectivity index (χ1v) is 3.63. The molecule has 0 aromatic heterocycles. The van der Waals surface area contributed by atoms with Gasteiger partial charge in [-0.25, -0.2) is 4.90 Å². The van der Waals surface area contributed by atoms with Crippen LogP contribution in [0.4, 0.5) is 0 Å². The molecule has 0 unspecified atom stereocenters. The van der Waals surface area contributed by atoms with Crippen LogP contribution < -0.4 is 0 Å². The van der Waals surface area contributed by atoms with Crippen LogP contribution in [0.1, 0.15) is 0 Å².